The summed E-state index contributed by atoms with van der Waals surface area (Å²) in [7, 11) is 0. The number of aliphatic carboxylic acids is 1. The minimum Gasteiger partial charge on any atom is -0.478 e. The summed E-state index contributed by atoms with van der Waals surface area (Å²) in [6, 6.07) is 7.35. The number of carbonyl (C=O) groups is 1. The maximum absolute atomic E-state index is 10.3. The molecule has 0 spiro atoms. The molecule has 1 aromatic rings. The van der Waals surface area contributed by atoms with Crippen molar-refractivity contribution < 1.29 is 9.90 Å². The number of carboxylic acid groups (broad SMARTS) is 1. The van der Waals surface area contributed by atoms with Gasteiger partial charge in [0.1, 0.15) is 0 Å². The average Bonchev–Trinajstić information content (AvgIpc) is 2.28. The number of rotatable bonds is 3. The van der Waals surface area contributed by atoms with E-state index in [0.29, 0.717) is 12.3 Å². The van der Waals surface area contributed by atoms with Crippen LogP contribution in [0, 0.1) is 11.8 Å². The Morgan fingerprint density at radius 1 is 1.38 bits per heavy atom. The summed E-state index contributed by atoms with van der Waals surface area (Å²) in [6.45, 7) is 0. The molecule has 1 aromatic carbocycles. The van der Waals surface area contributed by atoms with Gasteiger partial charge in [-0.1, -0.05) is 24.0 Å². The number of hydrogen-bond donors (Lipinski definition) is 1. The normalized spacial score (nSPS) is 9.81. The Morgan fingerprint density at radius 2 is 2.06 bits per heavy atom. The third-order valence-electron chi connectivity index (χ3n) is 1.78. The molecule has 0 aromatic heterocycles. The molecule has 0 saturated carbocycles. The van der Waals surface area contributed by atoms with Crippen molar-refractivity contribution in [1.82, 2.24) is 0 Å². The quantitative estimate of drug-likeness (QED) is 0.496. The fourth-order valence-electron chi connectivity index (χ4n) is 1.06. The van der Waals surface area contributed by atoms with Gasteiger partial charge >= 0.3 is 5.97 Å². The van der Waals surface area contributed by atoms with Crippen molar-refractivity contribution in [2.75, 3.05) is 5.88 Å². The topological polar surface area (TPSA) is 37.3 Å². The Balaban J connectivity index is 2.69. The molecule has 0 aliphatic heterocycles. The Kier molecular flexibility index (Phi) is 5.18. The maximum Gasteiger partial charge on any atom is 0.328 e. The zero-order valence-electron chi connectivity index (χ0n) is 8.61. The highest BCUT2D eigenvalue weighted by molar-refractivity contribution is 6.18. The first-order valence-electron chi connectivity index (χ1n) is 4.78. The van der Waals surface area contributed by atoms with Gasteiger partial charge in [-0.05, 0) is 23.8 Å². The van der Waals surface area contributed by atoms with Crippen LogP contribution in [-0.2, 0) is 4.79 Å². The van der Waals surface area contributed by atoms with Crippen LogP contribution in [0.5, 0.6) is 0 Å². The SMILES string of the molecule is O=C(O)/C=C/c1ccc(C#CCCCl)cc1. The van der Waals surface area contributed by atoms with Crippen LogP contribution in [0.2, 0.25) is 0 Å². The zero-order valence-corrected chi connectivity index (χ0v) is 9.37. The lowest BCUT2D eigenvalue weighted by molar-refractivity contribution is -0.131. The molecule has 0 bridgehead atoms. The molecule has 0 heterocycles. The number of benzene rings is 1. The predicted molar refractivity (Wildman–Crippen MR) is 65.3 cm³/mol. The molecular formula is C13H11ClO2. The van der Waals surface area contributed by atoms with Crippen molar-refractivity contribution in [2.45, 2.75) is 6.42 Å². The first-order chi connectivity index (χ1) is 7.72. The maximum atomic E-state index is 10.3. The molecule has 0 saturated heterocycles. The van der Waals surface area contributed by atoms with E-state index in [4.69, 9.17) is 16.7 Å². The van der Waals surface area contributed by atoms with Gasteiger partial charge in [0.15, 0.2) is 0 Å². The van der Waals surface area contributed by atoms with Crippen LogP contribution in [0.4, 0.5) is 0 Å². The summed E-state index contributed by atoms with van der Waals surface area (Å²) in [6.07, 6.45) is 3.31. The third kappa shape index (κ3) is 4.68. The molecular weight excluding hydrogens is 224 g/mol. The van der Waals surface area contributed by atoms with Crippen molar-refractivity contribution in [2.24, 2.45) is 0 Å². The standard InChI is InChI=1S/C13H11ClO2/c14-10-2-1-3-11-4-6-12(7-5-11)8-9-13(15)16/h4-9H,2,10H2,(H,15,16)/b9-8+. The molecule has 3 heteroatoms. The Labute approximate surface area is 99.6 Å². The molecule has 2 nitrogen and oxygen atoms in total. The molecule has 0 radical (unpaired) electrons. The summed E-state index contributed by atoms with van der Waals surface area (Å²) < 4.78 is 0. The van der Waals surface area contributed by atoms with Crippen molar-refractivity contribution in [1.29, 1.82) is 0 Å². The molecule has 0 atom stereocenters. The summed E-state index contributed by atoms with van der Waals surface area (Å²) in [5.41, 5.74) is 1.74. The summed E-state index contributed by atoms with van der Waals surface area (Å²) in [4.78, 5) is 10.3. The van der Waals surface area contributed by atoms with E-state index in [9.17, 15) is 4.79 Å². The average molecular weight is 235 g/mol. The third-order valence-corrected chi connectivity index (χ3v) is 1.97. The van der Waals surface area contributed by atoms with E-state index in [0.717, 1.165) is 17.2 Å². The molecule has 0 aliphatic carbocycles. The van der Waals surface area contributed by atoms with Crippen LogP contribution in [0.25, 0.3) is 6.08 Å². The van der Waals surface area contributed by atoms with Gasteiger partial charge in [0, 0.05) is 23.9 Å². The first kappa shape index (κ1) is 12.4. The molecule has 0 aliphatic rings. The monoisotopic (exact) mass is 234 g/mol. The van der Waals surface area contributed by atoms with Crippen LogP contribution >= 0.6 is 11.6 Å². The molecule has 82 valence electrons. The summed E-state index contributed by atoms with van der Waals surface area (Å²) in [5.74, 6) is 5.47. The van der Waals surface area contributed by atoms with Gasteiger partial charge in [0.05, 0.1) is 0 Å². The fourth-order valence-corrected chi connectivity index (χ4v) is 1.15. The highest BCUT2D eigenvalue weighted by atomic mass is 35.5. The Bertz CT molecular complexity index is 435. The lowest BCUT2D eigenvalue weighted by atomic mass is 10.1. The van der Waals surface area contributed by atoms with Gasteiger partial charge in [-0.15, -0.1) is 11.6 Å². The molecule has 0 amide bonds. The van der Waals surface area contributed by atoms with Gasteiger partial charge in [-0.3, -0.25) is 0 Å². The van der Waals surface area contributed by atoms with Crippen molar-refractivity contribution in [3.8, 4) is 11.8 Å². The van der Waals surface area contributed by atoms with Crippen molar-refractivity contribution in [3.63, 3.8) is 0 Å². The number of carboxylic acids is 1. The molecule has 0 fully saturated rings. The smallest absolute Gasteiger partial charge is 0.328 e. The fraction of sp³-hybridized carbons (Fsp3) is 0.154. The van der Waals surface area contributed by atoms with E-state index in [1.807, 2.05) is 24.3 Å². The Hall–Kier alpha value is -1.72. The van der Waals surface area contributed by atoms with Crippen molar-refractivity contribution >= 4 is 23.6 Å². The molecule has 0 unspecified atom stereocenters. The van der Waals surface area contributed by atoms with Gasteiger partial charge < -0.3 is 5.11 Å². The molecule has 1 N–H and O–H groups in total. The van der Waals surface area contributed by atoms with Gasteiger partial charge in [-0.2, -0.15) is 0 Å². The van der Waals surface area contributed by atoms with E-state index in [1.54, 1.807) is 0 Å². The van der Waals surface area contributed by atoms with E-state index in [-0.39, 0.29) is 0 Å². The second kappa shape index (κ2) is 6.71. The lowest BCUT2D eigenvalue weighted by Gasteiger charge is -1.93. The first-order valence-corrected chi connectivity index (χ1v) is 5.32. The van der Waals surface area contributed by atoms with Gasteiger partial charge in [-0.25, -0.2) is 4.79 Å². The Morgan fingerprint density at radius 3 is 2.62 bits per heavy atom. The highest BCUT2D eigenvalue weighted by Gasteiger charge is 1.90. The summed E-state index contributed by atoms with van der Waals surface area (Å²) >= 11 is 5.50. The number of hydrogen-bond acceptors (Lipinski definition) is 1. The van der Waals surface area contributed by atoms with Crippen LogP contribution in [-0.4, -0.2) is 17.0 Å². The summed E-state index contributed by atoms with van der Waals surface area (Å²) in [5, 5.41) is 8.45. The van der Waals surface area contributed by atoms with Gasteiger partial charge in [0.2, 0.25) is 0 Å². The van der Waals surface area contributed by atoms with Crippen LogP contribution < -0.4 is 0 Å². The van der Waals surface area contributed by atoms with Gasteiger partial charge in [0.25, 0.3) is 0 Å². The number of alkyl halides is 1. The minimum atomic E-state index is -0.953. The largest absolute Gasteiger partial charge is 0.478 e. The van der Waals surface area contributed by atoms with Crippen LogP contribution in [0.15, 0.2) is 30.3 Å². The second-order valence-corrected chi connectivity index (χ2v) is 3.41. The molecule has 16 heavy (non-hydrogen) atoms. The minimum absolute atomic E-state index is 0.534. The second-order valence-electron chi connectivity index (χ2n) is 3.03. The predicted octanol–water partition coefficient (Wildman–Crippen LogP) is 2.76. The molecule has 1 rings (SSSR count). The highest BCUT2D eigenvalue weighted by Crippen LogP contribution is 2.05. The van der Waals surface area contributed by atoms with E-state index < -0.39 is 5.97 Å². The van der Waals surface area contributed by atoms with E-state index in [2.05, 4.69) is 11.8 Å². The van der Waals surface area contributed by atoms with Crippen LogP contribution in [0.1, 0.15) is 17.5 Å². The van der Waals surface area contributed by atoms with Crippen molar-refractivity contribution in [3.05, 3.63) is 41.5 Å². The van der Waals surface area contributed by atoms with E-state index in [1.165, 1.54) is 6.08 Å². The zero-order chi connectivity index (χ0) is 11.8. The number of halogens is 1. The lowest BCUT2D eigenvalue weighted by Crippen LogP contribution is -1.85. The van der Waals surface area contributed by atoms with Crippen LogP contribution in [0.3, 0.4) is 0 Å². The van der Waals surface area contributed by atoms with E-state index >= 15 is 0 Å².